The maximum Gasteiger partial charge on any atom is 0.168 e. The van der Waals surface area contributed by atoms with Gasteiger partial charge in [-0.1, -0.05) is 23.8 Å². The van der Waals surface area contributed by atoms with Crippen molar-refractivity contribution in [3.05, 3.63) is 42.0 Å². The number of carbonyl (C=O) groups is 1. The quantitative estimate of drug-likeness (QED) is 0.732. The van der Waals surface area contributed by atoms with Crippen molar-refractivity contribution in [2.75, 3.05) is 5.75 Å². The SMILES string of the molecule is C/C=C/C(=O)CS(=O)c1ccc(C)cc1. The van der Waals surface area contributed by atoms with Crippen LogP contribution in [-0.4, -0.2) is 15.7 Å². The van der Waals surface area contributed by atoms with Crippen LogP contribution in [0, 0.1) is 6.92 Å². The Hall–Kier alpha value is -1.22. The lowest BCUT2D eigenvalue weighted by Gasteiger charge is -2.00. The molecular weight excluding hydrogens is 208 g/mol. The zero-order valence-electron chi connectivity index (χ0n) is 8.90. The van der Waals surface area contributed by atoms with E-state index in [0.29, 0.717) is 4.90 Å². The number of allylic oxidation sites excluding steroid dienone is 2. The van der Waals surface area contributed by atoms with Crippen LogP contribution in [0.3, 0.4) is 0 Å². The van der Waals surface area contributed by atoms with Crippen LogP contribution in [-0.2, 0) is 15.6 Å². The van der Waals surface area contributed by atoms with Crippen molar-refractivity contribution in [1.29, 1.82) is 0 Å². The molecule has 0 N–H and O–H groups in total. The van der Waals surface area contributed by atoms with Crippen LogP contribution in [0.1, 0.15) is 12.5 Å². The second-order valence-corrected chi connectivity index (χ2v) is 4.72. The van der Waals surface area contributed by atoms with Gasteiger partial charge >= 0.3 is 0 Å². The molecule has 1 aromatic carbocycles. The Morgan fingerprint density at radius 2 is 1.93 bits per heavy atom. The Bertz CT molecular complexity index is 391. The zero-order chi connectivity index (χ0) is 11.3. The van der Waals surface area contributed by atoms with E-state index in [1.54, 1.807) is 25.1 Å². The molecule has 1 atom stereocenters. The third kappa shape index (κ3) is 3.80. The van der Waals surface area contributed by atoms with Gasteiger partial charge in [-0.15, -0.1) is 0 Å². The fourth-order valence-corrected chi connectivity index (χ4v) is 2.10. The summed E-state index contributed by atoms with van der Waals surface area (Å²) in [5, 5.41) is 0. The highest BCUT2D eigenvalue weighted by molar-refractivity contribution is 7.85. The maximum absolute atomic E-state index is 11.7. The van der Waals surface area contributed by atoms with Crippen molar-refractivity contribution in [3.8, 4) is 0 Å². The van der Waals surface area contributed by atoms with Gasteiger partial charge in [0, 0.05) is 4.90 Å². The van der Waals surface area contributed by atoms with Gasteiger partial charge in [0.2, 0.25) is 0 Å². The molecule has 0 saturated carbocycles. The van der Waals surface area contributed by atoms with E-state index in [1.165, 1.54) is 6.08 Å². The minimum Gasteiger partial charge on any atom is -0.294 e. The molecule has 0 aliphatic rings. The lowest BCUT2D eigenvalue weighted by Crippen LogP contribution is -2.07. The highest BCUT2D eigenvalue weighted by Crippen LogP contribution is 2.08. The molecule has 0 bridgehead atoms. The zero-order valence-corrected chi connectivity index (χ0v) is 9.71. The summed E-state index contributed by atoms with van der Waals surface area (Å²) in [5.74, 6) is -0.0377. The first-order valence-electron chi connectivity index (χ1n) is 4.74. The Labute approximate surface area is 92.5 Å². The van der Waals surface area contributed by atoms with E-state index in [0.717, 1.165) is 5.56 Å². The molecule has 1 rings (SSSR count). The number of carbonyl (C=O) groups excluding carboxylic acids is 1. The summed E-state index contributed by atoms with van der Waals surface area (Å²) in [5.41, 5.74) is 1.12. The van der Waals surface area contributed by atoms with Gasteiger partial charge < -0.3 is 0 Å². The molecule has 0 amide bonds. The first-order valence-corrected chi connectivity index (χ1v) is 6.06. The average molecular weight is 222 g/mol. The molecule has 3 heteroatoms. The van der Waals surface area contributed by atoms with E-state index in [1.807, 2.05) is 19.1 Å². The molecule has 0 fully saturated rings. The second-order valence-electron chi connectivity index (χ2n) is 3.27. The smallest absolute Gasteiger partial charge is 0.168 e. The Balaban J connectivity index is 2.69. The number of hydrogen-bond donors (Lipinski definition) is 0. The summed E-state index contributed by atoms with van der Waals surface area (Å²) >= 11 is 0. The molecule has 0 radical (unpaired) electrons. The van der Waals surface area contributed by atoms with E-state index in [9.17, 15) is 9.00 Å². The Kier molecular flexibility index (Phi) is 4.43. The van der Waals surface area contributed by atoms with Crippen LogP contribution in [0.2, 0.25) is 0 Å². The fraction of sp³-hybridized carbons (Fsp3) is 0.250. The number of rotatable bonds is 4. The second kappa shape index (κ2) is 5.61. The molecule has 15 heavy (non-hydrogen) atoms. The minimum absolute atomic E-state index is 0.0629. The van der Waals surface area contributed by atoms with Crippen molar-refractivity contribution in [3.63, 3.8) is 0 Å². The predicted octanol–water partition coefficient (Wildman–Crippen LogP) is 2.25. The molecule has 1 aromatic rings. The van der Waals surface area contributed by atoms with Crippen LogP contribution in [0.25, 0.3) is 0 Å². The number of hydrogen-bond acceptors (Lipinski definition) is 2. The van der Waals surface area contributed by atoms with Gasteiger partial charge in [-0.25, -0.2) is 0 Å². The molecule has 0 heterocycles. The summed E-state index contributed by atoms with van der Waals surface area (Å²) in [6.45, 7) is 3.74. The number of benzene rings is 1. The first kappa shape index (κ1) is 11.9. The largest absolute Gasteiger partial charge is 0.294 e. The molecule has 0 spiro atoms. The average Bonchev–Trinajstić information content (AvgIpc) is 2.18. The summed E-state index contributed by atoms with van der Waals surface area (Å²) in [7, 11) is -1.22. The topological polar surface area (TPSA) is 34.1 Å². The minimum atomic E-state index is -1.22. The van der Waals surface area contributed by atoms with E-state index >= 15 is 0 Å². The van der Waals surface area contributed by atoms with Gasteiger partial charge in [-0.3, -0.25) is 9.00 Å². The summed E-state index contributed by atoms with van der Waals surface area (Å²) < 4.78 is 11.7. The van der Waals surface area contributed by atoms with Gasteiger partial charge in [0.15, 0.2) is 5.78 Å². The number of ketones is 1. The van der Waals surface area contributed by atoms with Gasteiger partial charge in [-0.2, -0.15) is 0 Å². The van der Waals surface area contributed by atoms with Crippen molar-refractivity contribution < 1.29 is 9.00 Å². The van der Waals surface area contributed by atoms with Crippen LogP contribution in [0.4, 0.5) is 0 Å². The van der Waals surface area contributed by atoms with E-state index in [-0.39, 0.29) is 11.5 Å². The molecule has 0 saturated heterocycles. The van der Waals surface area contributed by atoms with Gasteiger partial charge in [0.1, 0.15) is 0 Å². The van der Waals surface area contributed by atoms with Gasteiger partial charge in [0.25, 0.3) is 0 Å². The molecule has 0 aromatic heterocycles. The molecule has 0 aliphatic carbocycles. The van der Waals surface area contributed by atoms with Crippen molar-refractivity contribution in [2.24, 2.45) is 0 Å². The van der Waals surface area contributed by atoms with Gasteiger partial charge in [-0.05, 0) is 32.1 Å². The summed E-state index contributed by atoms with van der Waals surface area (Å²) in [6, 6.07) is 7.39. The molecule has 2 nitrogen and oxygen atoms in total. The third-order valence-electron chi connectivity index (χ3n) is 1.91. The van der Waals surface area contributed by atoms with Gasteiger partial charge in [0.05, 0.1) is 16.6 Å². The maximum atomic E-state index is 11.7. The fourth-order valence-electron chi connectivity index (χ4n) is 1.14. The van der Waals surface area contributed by atoms with Crippen LogP contribution >= 0.6 is 0 Å². The third-order valence-corrected chi connectivity index (χ3v) is 3.25. The van der Waals surface area contributed by atoms with Crippen LogP contribution < -0.4 is 0 Å². The normalized spacial score (nSPS) is 12.9. The van der Waals surface area contributed by atoms with Crippen LogP contribution in [0.5, 0.6) is 0 Å². The van der Waals surface area contributed by atoms with E-state index in [4.69, 9.17) is 0 Å². The van der Waals surface area contributed by atoms with Crippen molar-refractivity contribution in [2.45, 2.75) is 18.7 Å². The highest BCUT2D eigenvalue weighted by Gasteiger charge is 2.07. The highest BCUT2D eigenvalue weighted by atomic mass is 32.2. The monoisotopic (exact) mass is 222 g/mol. The first-order chi connectivity index (χ1) is 7.13. The number of aryl methyl sites for hydroxylation is 1. The standard InChI is InChI=1S/C12H14O2S/c1-3-4-11(13)9-15(14)12-7-5-10(2)6-8-12/h3-8H,9H2,1-2H3/b4-3+. The summed E-state index contributed by atoms with van der Waals surface area (Å²) in [4.78, 5) is 11.9. The summed E-state index contributed by atoms with van der Waals surface area (Å²) in [6.07, 6.45) is 3.11. The lowest BCUT2D eigenvalue weighted by molar-refractivity contribution is -0.112. The van der Waals surface area contributed by atoms with E-state index < -0.39 is 10.8 Å². The predicted molar refractivity (Wildman–Crippen MR) is 62.3 cm³/mol. The molecule has 1 unspecified atom stereocenters. The Morgan fingerprint density at radius 1 is 1.33 bits per heavy atom. The van der Waals surface area contributed by atoms with Crippen LogP contribution in [0.15, 0.2) is 41.3 Å². The Morgan fingerprint density at radius 3 is 2.47 bits per heavy atom. The molecular formula is C12H14O2S. The molecule has 0 aliphatic heterocycles. The van der Waals surface area contributed by atoms with Crippen molar-refractivity contribution in [1.82, 2.24) is 0 Å². The van der Waals surface area contributed by atoms with E-state index in [2.05, 4.69) is 0 Å². The molecule has 80 valence electrons. The lowest BCUT2D eigenvalue weighted by atomic mass is 10.2. The van der Waals surface area contributed by atoms with Crippen molar-refractivity contribution >= 4 is 16.6 Å².